The van der Waals surface area contributed by atoms with Crippen LogP contribution >= 0.6 is 11.8 Å². The summed E-state index contributed by atoms with van der Waals surface area (Å²) in [5, 5.41) is 2.73. The van der Waals surface area contributed by atoms with Gasteiger partial charge in [-0.1, -0.05) is 42.5 Å². The third kappa shape index (κ3) is 4.40. The van der Waals surface area contributed by atoms with Gasteiger partial charge in [0.05, 0.1) is 5.75 Å². The minimum atomic E-state index is -0.170. The number of aromatic nitrogens is 1. The maximum Gasteiger partial charge on any atom is 0.274 e. The molecule has 1 aromatic heterocycles. The van der Waals surface area contributed by atoms with Crippen LogP contribution < -0.4 is 10.9 Å². The molecule has 5 rings (SSSR count). The van der Waals surface area contributed by atoms with E-state index >= 15 is 0 Å². The molecule has 2 aliphatic heterocycles. The van der Waals surface area contributed by atoms with Crippen LogP contribution in [-0.4, -0.2) is 46.4 Å². The van der Waals surface area contributed by atoms with Gasteiger partial charge in [-0.05, 0) is 54.0 Å². The van der Waals surface area contributed by atoms with E-state index in [-0.39, 0.29) is 29.2 Å². The van der Waals surface area contributed by atoms with E-state index in [0.717, 1.165) is 23.2 Å². The van der Waals surface area contributed by atoms with Crippen LogP contribution in [0.15, 0.2) is 71.5 Å². The van der Waals surface area contributed by atoms with Gasteiger partial charge in [-0.3, -0.25) is 14.4 Å². The zero-order chi connectivity index (χ0) is 23.7. The summed E-state index contributed by atoms with van der Waals surface area (Å²) in [4.78, 5) is 40.2. The summed E-state index contributed by atoms with van der Waals surface area (Å²) in [6, 6.07) is 21.5. The van der Waals surface area contributed by atoms with Gasteiger partial charge < -0.3 is 14.8 Å². The van der Waals surface area contributed by atoms with Crippen LogP contribution in [0, 0.1) is 5.92 Å². The zero-order valence-corrected chi connectivity index (χ0v) is 19.9. The van der Waals surface area contributed by atoms with Crippen molar-refractivity contribution in [1.82, 2.24) is 9.47 Å². The van der Waals surface area contributed by atoms with Crippen molar-refractivity contribution < 1.29 is 9.59 Å². The molecule has 0 saturated carbocycles. The molecule has 1 saturated heterocycles. The number of nitrogens with zero attached hydrogens (tertiary/aromatic N) is 2. The van der Waals surface area contributed by atoms with Crippen molar-refractivity contribution in [1.29, 1.82) is 0 Å². The Bertz CT molecular complexity index is 1270. The molecular formula is C27H27N3O3S. The largest absolute Gasteiger partial charge is 0.338 e. The molecule has 34 heavy (non-hydrogen) atoms. The monoisotopic (exact) mass is 473 g/mol. The highest BCUT2D eigenvalue weighted by Gasteiger charge is 2.37. The second-order valence-corrected chi connectivity index (χ2v) is 9.89. The molecule has 1 N–H and O–H groups in total. The van der Waals surface area contributed by atoms with Gasteiger partial charge in [-0.25, -0.2) is 0 Å². The normalized spacial score (nSPS) is 18.8. The number of rotatable bonds is 5. The molecule has 174 valence electrons. The topological polar surface area (TPSA) is 71.4 Å². The summed E-state index contributed by atoms with van der Waals surface area (Å²) in [5.41, 5.74) is 4.01. The molecule has 0 radical (unpaired) electrons. The van der Waals surface area contributed by atoms with Gasteiger partial charge in [0.25, 0.3) is 11.5 Å². The van der Waals surface area contributed by atoms with E-state index in [1.54, 1.807) is 10.6 Å². The first-order valence-electron chi connectivity index (χ1n) is 11.5. The van der Waals surface area contributed by atoms with E-state index in [2.05, 4.69) is 17.4 Å². The Kier molecular flexibility index (Phi) is 6.28. The Balaban J connectivity index is 1.33. The number of hydrogen-bond acceptors (Lipinski definition) is 4. The standard InChI is InChI=1S/C27H27N3O3S/c1-34-17-25(31)28-23-11-12-24-22-13-18(15-30(24)27(23)33)14-29(16-22)26(32)21-9-7-20(8-10-21)19-5-3-2-4-6-19/h2-12,18,22H,13-17H2,1H3,(H,28,31). The molecule has 3 aromatic rings. The fourth-order valence-corrected chi connectivity index (χ4v) is 5.48. The minimum Gasteiger partial charge on any atom is -0.338 e. The highest BCUT2D eigenvalue weighted by atomic mass is 32.2. The maximum atomic E-state index is 13.3. The lowest BCUT2D eigenvalue weighted by Gasteiger charge is -2.43. The number of nitrogens with one attached hydrogen (secondary N) is 1. The molecule has 3 heterocycles. The van der Waals surface area contributed by atoms with Crippen LogP contribution in [0.5, 0.6) is 0 Å². The molecule has 7 heteroatoms. The van der Waals surface area contributed by atoms with E-state index in [1.165, 1.54) is 11.8 Å². The highest BCUT2D eigenvalue weighted by Crippen LogP contribution is 2.36. The Morgan fingerprint density at radius 2 is 1.68 bits per heavy atom. The summed E-state index contributed by atoms with van der Waals surface area (Å²) < 4.78 is 1.80. The van der Waals surface area contributed by atoms with Crippen molar-refractivity contribution in [2.75, 3.05) is 30.4 Å². The summed E-state index contributed by atoms with van der Waals surface area (Å²) in [7, 11) is 0. The molecule has 0 spiro atoms. The molecule has 2 aliphatic rings. The van der Waals surface area contributed by atoms with Crippen molar-refractivity contribution in [2.24, 2.45) is 5.92 Å². The molecule has 6 nitrogen and oxygen atoms in total. The average molecular weight is 474 g/mol. The van der Waals surface area contributed by atoms with E-state index in [9.17, 15) is 14.4 Å². The number of carbonyl (C=O) groups is 2. The summed E-state index contributed by atoms with van der Waals surface area (Å²) >= 11 is 1.42. The lowest BCUT2D eigenvalue weighted by Crippen LogP contribution is -2.49. The summed E-state index contributed by atoms with van der Waals surface area (Å²) in [6.07, 6.45) is 2.82. The molecule has 0 aliphatic carbocycles. The van der Waals surface area contributed by atoms with Crippen LogP contribution in [0.1, 0.15) is 28.4 Å². The maximum absolute atomic E-state index is 13.3. The smallest absolute Gasteiger partial charge is 0.274 e. The Labute approximate surface area is 203 Å². The number of amides is 2. The molecule has 2 unspecified atom stereocenters. The molecule has 2 aromatic carbocycles. The summed E-state index contributed by atoms with van der Waals surface area (Å²) in [6.45, 7) is 1.78. The number of likely N-dealkylation sites (tertiary alicyclic amines) is 1. The molecule has 2 atom stereocenters. The number of benzene rings is 2. The Hall–Kier alpha value is -3.32. The van der Waals surface area contributed by atoms with Crippen LogP contribution in [0.2, 0.25) is 0 Å². The Morgan fingerprint density at radius 3 is 2.41 bits per heavy atom. The van der Waals surface area contributed by atoms with Gasteiger partial charge in [-0.15, -0.1) is 0 Å². The quantitative estimate of drug-likeness (QED) is 0.606. The SMILES string of the molecule is CSCC(=O)Nc1ccc2n(c1=O)CC1CC2CN(C(=O)c2ccc(-c3ccccc3)cc2)C1. The van der Waals surface area contributed by atoms with Crippen LogP contribution in [-0.2, 0) is 11.3 Å². The van der Waals surface area contributed by atoms with Crippen molar-refractivity contribution in [2.45, 2.75) is 18.9 Å². The first-order valence-corrected chi connectivity index (χ1v) is 12.9. The van der Waals surface area contributed by atoms with E-state index in [1.807, 2.05) is 59.7 Å². The van der Waals surface area contributed by atoms with Gasteiger partial charge in [0.1, 0.15) is 5.69 Å². The van der Waals surface area contributed by atoms with Crippen molar-refractivity contribution >= 4 is 29.3 Å². The van der Waals surface area contributed by atoms with Gasteiger partial charge in [0, 0.05) is 36.8 Å². The predicted octanol–water partition coefficient (Wildman–Crippen LogP) is 4.08. The van der Waals surface area contributed by atoms with Crippen LogP contribution in [0.4, 0.5) is 5.69 Å². The number of pyridine rings is 1. The third-order valence-electron chi connectivity index (χ3n) is 6.68. The zero-order valence-electron chi connectivity index (χ0n) is 19.1. The fourth-order valence-electron chi connectivity index (χ4n) is 5.14. The summed E-state index contributed by atoms with van der Waals surface area (Å²) in [5.74, 6) is 0.509. The van der Waals surface area contributed by atoms with Gasteiger partial charge >= 0.3 is 0 Å². The number of anilines is 1. The molecular weight excluding hydrogens is 446 g/mol. The number of carbonyl (C=O) groups excluding carboxylic acids is 2. The van der Waals surface area contributed by atoms with E-state index < -0.39 is 0 Å². The molecule has 2 bridgehead atoms. The lowest BCUT2D eigenvalue weighted by molar-refractivity contribution is -0.113. The highest BCUT2D eigenvalue weighted by molar-refractivity contribution is 7.99. The fraction of sp³-hybridized carbons (Fsp3) is 0.296. The number of piperidine rings is 1. The first kappa shape index (κ1) is 22.5. The number of hydrogen-bond donors (Lipinski definition) is 1. The molecule has 2 amide bonds. The lowest BCUT2D eigenvalue weighted by atomic mass is 9.83. The van der Waals surface area contributed by atoms with Crippen molar-refractivity contribution in [3.63, 3.8) is 0 Å². The predicted molar refractivity (Wildman–Crippen MR) is 136 cm³/mol. The van der Waals surface area contributed by atoms with E-state index in [4.69, 9.17) is 0 Å². The number of thioether (sulfide) groups is 1. The van der Waals surface area contributed by atoms with Crippen LogP contribution in [0.3, 0.4) is 0 Å². The van der Waals surface area contributed by atoms with Crippen molar-refractivity contribution in [3.8, 4) is 11.1 Å². The first-order chi connectivity index (χ1) is 16.5. The third-order valence-corrected chi connectivity index (χ3v) is 7.23. The Morgan fingerprint density at radius 1 is 0.941 bits per heavy atom. The average Bonchev–Trinajstić information content (AvgIpc) is 2.86. The van der Waals surface area contributed by atoms with Gasteiger partial charge in [0.15, 0.2) is 0 Å². The van der Waals surface area contributed by atoms with Crippen LogP contribution in [0.25, 0.3) is 11.1 Å². The number of fused-ring (bicyclic) bond motifs is 4. The minimum absolute atomic E-state index is 0.0334. The van der Waals surface area contributed by atoms with Gasteiger partial charge in [-0.2, -0.15) is 11.8 Å². The van der Waals surface area contributed by atoms with Gasteiger partial charge in [0.2, 0.25) is 5.91 Å². The van der Waals surface area contributed by atoms with Crippen molar-refractivity contribution in [3.05, 3.63) is 88.3 Å². The van der Waals surface area contributed by atoms with E-state index in [0.29, 0.717) is 36.6 Å². The second kappa shape index (κ2) is 9.50. The molecule has 1 fully saturated rings. The second-order valence-electron chi connectivity index (χ2n) is 9.02.